The number of nitrogen functional groups attached to an aromatic ring is 1. The van der Waals surface area contributed by atoms with Crippen molar-refractivity contribution in [3.05, 3.63) is 40.7 Å². The summed E-state index contributed by atoms with van der Waals surface area (Å²) in [6.07, 6.45) is 3.30. The van der Waals surface area contributed by atoms with E-state index >= 15 is 0 Å². The van der Waals surface area contributed by atoms with Crippen LogP contribution in [0, 0.1) is 6.92 Å². The van der Waals surface area contributed by atoms with E-state index in [2.05, 4.69) is 10.1 Å². The Hall–Kier alpha value is -2.01. The van der Waals surface area contributed by atoms with Crippen molar-refractivity contribution in [1.82, 2.24) is 9.66 Å². The van der Waals surface area contributed by atoms with Crippen LogP contribution in [0.5, 0.6) is 5.75 Å². The number of imidazole rings is 1. The number of phenols is 1. The van der Waals surface area contributed by atoms with Gasteiger partial charge < -0.3 is 10.8 Å². The third-order valence-corrected chi connectivity index (χ3v) is 2.44. The smallest absolute Gasteiger partial charge is 0.221 e. The van der Waals surface area contributed by atoms with Gasteiger partial charge in [0, 0.05) is 0 Å². The average molecular weight is 251 g/mol. The Balaban J connectivity index is 2.26. The first-order valence-corrected chi connectivity index (χ1v) is 5.28. The molecule has 2 rings (SSSR count). The summed E-state index contributed by atoms with van der Waals surface area (Å²) in [6, 6.07) is 4.82. The first-order chi connectivity index (χ1) is 8.06. The van der Waals surface area contributed by atoms with E-state index in [9.17, 15) is 5.11 Å². The highest BCUT2D eigenvalue weighted by molar-refractivity contribution is 6.32. The molecule has 0 spiro atoms. The van der Waals surface area contributed by atoms with E-state index in [1.54, 1.807) is 24.5 Å². The van der Waals surface area contributed by atoms with Gasteiger partial charge in [-0.15, -0.1) is 0 Å². The van der Waals surface area contributed by atoms with E-state index in [-0.39, 0.29) is 10.8 Å². The Bertz CT molecular complexity index is 577. The number of hydrogen-bond acceptors (Lipinski definition) is 4. The summed E-state index contributed by atoms with van der Waals surface area (Å²) in [6.45, 7) is 1.83. The second-order valence-corrected chi connectivity index (χ2v) is 3.95. The van der Waals surface area contributed by atoms with E-state index in [1.807, 2.05) is 6.92 Å². The highest BCUT2D eigenvalue weighted by atomic mass is 35.5. The molecule has 17 heavy (non-hydrogen) atoms. The van der Waals surface area contributed by atoms with Crippen molar-refractivity contribution < 1.29 is 5.11 Å². The molecule has 0 aliphatic rings. The number of aromatic nitrogens is 2. The number of aromatic hydroxyl groups is 1. The van der Waals surface area contributed by atoms with Crippen LogP contribution in [0.4, 0.5) is 5.95 Å². The maximum Gasteiger partial charge on any atom is 0.221 e. The maximum atomic E-state index is 9.26. The topological polar surface area (TPSA) is 76.4 Å². The van der Waals surface area contributed by atoms with Crippen molar-refractivity contribution in [1.29, 1.82) is 0 Å². The third-order valence-electron chi connectivity index (χ3n) is 2.14. The summed E-state index contributed by atoms with van der Waals surface area (Å²) in [5, 5.41) is 13.7. The molecule has 0 saturated carbocycles. The highest BCUT2D eigenvalue weighted by Gasteiger charge is 2.00. The fourth-order valence-corrected chi connectivity index (χ4v) is 1.52. The summed E-state index contributed by atoms with van der Waals surface area (Å²) in [5.41, 5.74) is 7.19. The van der Waals surface area contributed by atoms with Gasteiger partial charge in [-0.3, -0.25) is 0 Å². The molecule has 0 atom stereocenters. The van der Waals surface area contributed by atoms with Crippen LogP contribution in [-0.2, 0) is 0 Å². The molecule has 1 heterocycles. The van der Waals surface area contributed by atoms with Gasteiger partial charge in [0.2, 0.25) is 5.95 Å². The molecule has 1 aromatic carbocycles. The van der Waals surface area contributed by atoms with E-state index in [0.717, 1.165) is 11.3 Å². The van der Waals surface area contributed by atoms with E-state index < -0.39 is 0 Å². The van der Waals surface area contributed by atoms with Crippen LogP contribution in [0.25, 0.3) is 0 Å². The van der Waals surface area contributed by atoms with E-state index in [4.69, 9.17) is 17.3 Å². The van der Waals surface area contributed by atoms with Crippen molar-refractivity contribution in [2.45, 2.75) is 6.92 Å². The molecule has 0 aliphatic carbocycles. The Labute approximate surface area is 103 Å². The minimum Gasteiger partial charge on any atom is -0.506 e. The number of phenolic OH excluding ortho intramolecular Hbond substituents is 1. The zero-order valence-corrected chi connectivity index (χ0v) is 9.89. The normalized spacial score (nSPS) is 11.2. The zero-order chi connectivity index (χ0) is 12.4. The number of hydrogen-bond donors (Lipinski definition) is 2. The molecule has 0 saturated heterocycles. The van der Waals surface area contributed by atoms with Crippen molar-refractivity contribution in [2.24, 2.45) is 5.10 Å². The summed E-state index contributed by atoms with van der Waals surface area (Å²) in [4.78, 5) is 4.02. The lowest BCUT2D eigenvalue weighted by atomic mass is 10.2. The number of anilines is 1. The Morgan fingerprint density at radius 1 is 1.53 bits per heavy atom. The van der Waals surface area contributed by atoms with Gasteiger partial charge in [0.15, 0.2) is 0 Å². The first-order valence-electron chi connectivity index (χ1n) is 4.90. The largest absolute Gasteiger partial charge is 0.506 e. The number of rotatable bonds is 2. The van der Waals surface area contributed by atoms with Crippen molar-refractivity contribution in [2.75, 3.05) is 5.73 Å². The Kier molecular flexibility index (Phi) is 3.01. The molecule has 1 aromatic heterocycles. The van der Waals surface area contributed by atoms with Crippen molar-refractivity contribution in [3.8, 4) is 5.75 Å². The molecular weight excluding hydrogens is 240 g/mol. The molecule has 3 N–H and O–H groups in total. The number of benzene rings is 1. The van der Waals surface area contributed by atoms with Crippen LogP contribution in [0.3, 0.4) is 0 Å². The monoisotopic (exact) mass is 250 g/mol. The molecule has 5 nitrogen and oxygen atoms in total. The predicted molar refractivity (Wildman–Crippen MR) is 67.5 cm³/mol. The predicted octanol–water partition coefficient (Wildman–Crippen LogP) is 2.01. The van der Waals surface area contributed by atoms with Gasteiger partial charge in [-0.1, -0.05) is 11.6 Å². The lowest BCUT2D eigenvalue weighted by Crippen LogP contribution is -1.96. The average Bonchev–Trinajstić information content (AvgIpc) is 2.59. The molecule has 6 heteroatoms. The van der Waals surface area contributed by atoms with Gasteiger partial charge in [0.1, 0.15) is 5.75 Å². The summed E-state index contributed by atoms with van der Waals surface area (Å²) in [5.74, 6) is 0.366. The number of aryl methyl sites for hydroxylation is 1. The lowest BCUT2D eigenvalue weighted by Gasteiger charge is -1.98. The fraction of sp³-hybridized carbons (Fsp3) is 0.0909. The van der Waals surface area contributed by atoms with Crippen LogP contribution in [-0.4, -0.2) is 21.0 Å². The number of halogens is 1. The SMILES string of the molecule is Cc1cn(N=Cc2ccc(O)c(Cl)c2)c(N)n1. The van der Waals surface area contributed by atoms with E-state index in [0.29, 0.717) is 5.95 Å². The minimum absolute atomic E-state index is 0.0433. The Morgan fingerprint density at radius 3 is 2.88 bits per heavy atom. The van der Waals surface area contributed by atoms with Crippen molar-refractivity contribution in [3.63, 3.8) is 0 Å². The highest BCUT2D eigenvalue weighted by Crippen LogP contribution is 2.22. The number of nitrogens with two attached hydrogens (primary N) is 1. The van der Waals surface area contributed by atoms with E-state index in [1.165, 1.54) is 10.7 Å². The van der Waals surface area contributed by atoms with Gasteiger partial charge in [-0.05, 0) is 30.7 Å². The zero-order valence-electron chi connectivity index (χ0n) is 9.13. The quantitative estimate of drug-likeness (QED) is 0.801. The van der Waals surface area contributed by atoms with Crippen LogP contribution >= 0.6 is 11.6 Å². The molecule has 0 fully saturated rings. The van der Waals surface area contributed by atoms with Gasteiger partial charge in [-0.2, -0.15) is 5.10 Å². The van der Waals surface area contributed by atoms with Gasteiger partial charge >= 0.3 is 0 Å². The van der Waals surface area contributed by atoms with Gasteiger partial charge in [0.05, 0.1) is 23.1 Å². The third kappa shape index (κ3) is 2.57. The molecule has 0 unspecified atom stereocenters. The first kappa shape index (κ1) is 11.5. The molecule has 88 valence electrons. The standard InChI is InChI=1S/C11H11ClN4O/c1-7-6-16(11(13)15-7)14-5-8-2-3-10(17)9(12)4-8/h2-6,17H,1H3,(H2,13,15). The molecular formula is C11H11ClN4O. The van der Waals surface area contributed by atoms with Crippen LogP contribution in [0.15, 0.2) is 29.5 Å². The molecule has 0 amide bonds. The molecule has 0 radical (unpaired) electrons. The summed E-state index contributed by atoms with van der Waals surface area (Å²) < 4.78 is 1.47. The van der Waals surface area contributed by atoms with Crippen molar-refractivity contribution >= 4 is 23.8 Å². The van der Waals surface area contributed by atoms with Crippen LogP contribution in [0.2, 0.25) is 5.02 Å². The summed E-state index contributed by atoms with van der Waals surface area (Å²) >= 11 is 5.78. The minimum atomic E-state index is 0.0433. The lowest BCUT2D eigenvalue weighted by molar-refractivity contribution is 0.475. The second-order valence-electron chi connectivity index (χ2n) is 3.54. The van der Waals surface area contributed by atoms with Crippen LogP contribution in [0.1, 0.15) is 11.3 Å². The van der Waals surface area contributed by atoms with Crippen LogP contribution < -0.4 is 5.73 Å². The van der Waals surface area contributed by atoms with Gasteiger partial charge in [0.25, 0.3) is 0 Å². The fourth-order valence-electron chi connectivity index (χ4n) is 1.33. The Morgan fingerprint density at radius 2 is 2.29 bits per heavy atom. The molecule has 0 bridgehead atoms. The maximum absolute atomic E-state index is 9.26. The molecule has 0 aliphatic heterocycles. The van der Waals surface area contributed by atoms with Gasteiger partial charge in [-0.25, -0.2) is 9.66 Å². The number of nitrogens with zero attached hydrogens (tertiary/aromatic N) is 3. The second kappa shape index (κ2) is 4.47. The molecule has 2 aromatic rings. The summed E-state index contributed by atoms with van der Waals surface area (Å²) in [7, 11) is 0.